The molecular weight excluding hydrogens is 320 g/mol. The van der Waals surface area contributed by atoms with Gasteiger partial charge in [0.2, 0.25) is 0 Å². The zero-order chi connectivity index (χ0) is 13.3. The molecule has 2 rings (SSSR count). The summed E-state index contributed by atoms with van der Waals surface area (Å²) in [5.74, 6) is -4.11. The maximum absolute atomic E-state index is 12.8. The first-order chi connectivity index (χ1) is 8.40. The first-order valence-electron chi connectivity index (χ1n) is 4.79. The van der Waals surface area contributed by atoms with Crippen molar-refractivity contribution in [2.45, 2.75) is 12.3 Å². The fraction of sp³-hybridized carbons (Fsp3) is 0.333. The maximum atomic E-state index is 12.8. The monoisotopic (exact) mass is 326 g/mol. The second-order valence-electron chi connectivity index (χ2n) is 3.49. The molecule has 98 valence electrons. The van der Waals surface area contributed by atoms with E-state index in [1.165, 1.54) is 10.6 Å². The van der Waals surface area contributed by atoms with Gasteiger partial charge in [0.1, 0.15) is 4.60 Å². The van der Waals surface area contributed by atoms with E-state index in [1.807, 2.05) is 0 Å². The summed E-state index contributed by atoms with van der Waals surface area (Å²) in [5, 5.41) is 2.18. The Morgan fingerprint density at radius 3 is 2.83 bits per heavy atom. The van der Waals surface area contributed by atoms with E-state index in [4.69, 9.17) is 0 Å². The molecular formula is C9H7BrF4N4. The van der Waals surface area contributed by atoms with Crippen LogP contribution in [0, 0.1) is 0 Å². The number of alkyl halides is 4. The number of rotatable bonds is 4. The maximum Gasteiger partial charge on any atom is 0.324 e. The van der Waals surface area contributed by atoms with Crippen LogP contribution in [0.1, 0.15) is 0 Å². The van der Waals surface area contributed by atoms with Crippen molar-refractivity contribution in [3.8, 4) is 0 Å². The first-order valence-corrected chi connectivity index (χ1v) is 5.58. The third-order valence-electron chi connectivity index (χ3n) is 2.16. The summed E-state index contributed by atoms with van der Waals surface area (Å²) in [7, 11) is 0. The summed E-state index contributed by atoms with van der Waals surface area (Å²) in [6.45, 7) is -1.21. The van der Waals surface area contributed by atoms with Crippen LogP contribution in [0.15, 0.2) is 23.2 Å². The number of hydrogen-bond acceptors (Lipinski definition) is 3. The zero-order valence-corrected chi connectivity index (χ0v) is 10.3. The number of fused-ring (bicyclic) bond motifs is 1. The summed E-state index contributed by atoms with van der Waals surface area (Å²) < 4.78 is 51.5. The van der Waals surface area contributed by atoms with Gasteiger partial charge in [-0.3, -0.25) is 0 Å². The number of halogens is 5. The quantitative estimate of drug-likeness (QED) is 0.878. The third kappa shape index (κ3) is 2.55. The SMILES string of the molecule is FC(F)C(F)(F)CNc1nc(Br)cn2ccnc12. The summed E-state index contributed by atoms with van der Waals surface area (Å²) in [6.07, 6.45) is 0.865. The molecule has 9 heteroatoms. The van der Waals surface area contributed by atoms with Gasteiger partial charge < -0.3 is 9.72 Å². The summed E-state index contributed by atoms with van der Waals surface area (Å²) in [6, 6.07) is 0. The van der Waals surface area contributed by atoms with Gasteiger partial charge in [-0.25, -0.2) is 18.7 Å². The Labute approximate surface area is 107 Å². The van der Waals surface area contributed by atoms with Crippen LogP contribution in [-0.2, 0) is 0 Å². The number of anilines is 1. The highest BCUT2D eigenvalue weighted by Crippen LogP contribution is 2.24. The lowest BCUT2D eigenvalue weighted by molar-refractivity contribution is -0.117. The highest BCUT2D eigenvalue weighted by molar-refractivity contribution is 9.10. The molecule has 2 aromatic heterocycles. The second-order valence-corrected chi connectivity index (χ2v) is 4.30. The van der Waals surface area contributed by atoms with Gasteiger partial charge in [0, 0.05) is 18.6 Å². The Kier molecular flexibility index (Phi) is 3.42. The predicted molar refractivity (Wildman–Crippen MR) is 60.1 cm³/mol. The number of aromatic nitrogens is 3. The molecule has 0 aliphatic carbocycles. The molecule has 1 N–H and O–H groups in total. The minimum atomic E-state index is -4.12. The van der Waals surface area contributed by atoms with Gasteiger partial charge in [0.25, 0.3) is 0 Å². The Morgan fingerprint density at radius 1 is 1.44 bits per heavy atom. The Bertz CT molecular complexity index is 556. The largest absolute Gasteiger partial charge is 0.361 e. The van der Waals surface area contributed by atoms with Crippen molar-refractivity contribution >= 4 is 27.4 Å². The van der Waals surface area contributed by atoms with Crippen LogP contribution in [0.3, 0.4) is 0 Å². The molecule has 0 amide bonds. The molecule has 0 aromatic carbocycles. The van der Waals surface area contributed by atoms with Crippen molar-refractivity contribution in [1.82, 2.24) is 14.4 Å². The first kappa shape index (κ1) is 13.1. The molecule has 0 spiro atoms. The molecule has 0 aliphatic heterocycles. The van der Waals surface area contributed by atoms with E-state index in [9.17, 15) is 17.6 Å². The second kappa shape index (κ2) is 4.71. The lowest BCUT2D eigenvalue weighted by Gasteiger charge is -2.16. The molecule has 2 aromatic rings. The minimum Gasteiger partial charge on any atom is -0.361 e. The van der Waals surface area contributed by atoms with Crippen molar-refractivity contribution in [2.24, 2.45) is 0 Å². The lowest BCUT2D eigenvalue weighted by Crippen LogP contribution is -2.35. The lowest BCUT2D eigenvalue weighted by atomic mass is 10.3. The third-order valence-corrected chi connectivity index (χ3v) is 2.54. The van der Waals surface area contributed by atoms with Crippen LogP contribution in [0.4, 0.5) is 23.4 Å². The van der Waals surface area contributed by atoms with E-state index < -0.39 is 18.9 Å². The van der Waals surface area contributed by atoms with E-state index in [-0.39, 0.29) is 11.5 Å². The Morgan fingerprint density at radius 2 is 2.17 bits per heavy atom. The minimum absolute atomic E-state index is 0.00898. The van der Waals surface area contributed by atoms with Crippen LogP contribution >= 0.6 is 15.9 Å². The molecule has 0 unspecified atom stereocenters. The molecule has 0 aliphatic rings. The van der Waals surface area contributed by atoms with Crippen LogP contribution < -0.4 is 5.32 Å². The highest BCUT2D eigenvalue weighted by Gasteiger charge is 2.40. The van der Waals surface area contributed by atoms with E-state index in [1.54, 1.807) is 12.4 Å². The molecule has 0 saturated heterocycles. The molecule has 18 heavy (non-hydrogen) atoms. The van der Waals surface area contributed by atoms with Crippen molar-refractivity contribution in [3.63, 3.8) is 0 Å². The zero-order valence-electron chi connectivity index (χ0n) is 8.75. The molecule has 0 saturated carbocycles. The molecule has 0 bridgehead atoms. The van der Waals surface area contributed by atoms with E-state index in [0.29, 0.717) is 4.60 Å². The van der Waals surface area contributed by atoms with Crippen LogP contribution in [0.5, 0.6) is 0 Å². The molecule has 4 nitrogen and oxygen atoms in total. The Hall–Kier alpha value is -1.38. The van der Waals surface area contributed by atoms with Gasteiger partial charge in [-0.2, -0.15) is 8.78 Å². The molecule has 0 radical (unpaired) electrons. The average Bonchev–Trinajstić information content (AvgIpc) is 2.73. The highest BCUT2D eigenvalue weighted by atomic mass is 79.9. The number of imidazole rings is 1. The Balaban J connectivity index is 2.24. The van der Waals surface area contributed by atoms with Gasteiger partial charge in [0.15, 0.2) is 11.5 Å². The van der Waals surface area contributed by atoms with Crippen LogP contribution in [-0.4, -0.2) is 33.3 Å². The number of nitrogens with one attached hydrogen (secondary N) is 1. The standard InChI is InChI=1S/C9H7BrF4N4/c10-5-3-18-2-1-15-7(18)6(17-5)16-4-9(13,14)8(11)12/h1-3,8H,4H2,(H,16,17). The van der Waals surface area contributed by atoms with Gasteiger partial charge in [-0.05, 0) is 15.9 Å². The van der Waals surface area contributed by atoms with Gasteiger partial charge in [-0.15, -0.1) is 0 Å². The van der Waals surface area contributed by atoms with E-state index in [0.717, 1.165) is 0 Å². The average molecular weight is 327 g/mol. The number of nitrogens with zero attached hydrogens (tertiary/aromatic N) is 3. The smallest absolute Gasteiger partial charge is 0.324 e. The van der Waals surface area contributed by atoms with Crippen molar-refractivity contribution in [3.05, 3.63) is 23.2 Å². The van der Waals surface area contributed by atoms with Crippen LogP contribution in [0.25, 0.3) is 5.65 Å². The summed E-state index contributed by atoms with van der Waals surface area (Å²) in [5.41, 5.74) is 0.281. The fourth-order valence-electron chi connectivity index (χ4n) is 1.30. The van der Waals surface area contributed by atoms with Crippen molar-refractivity contribution < 1.29 is 17.6 Å². The van der Waals surface area contributed by atoms with Crippen LogP contribution in [0.2, 0.25) is 0 Å². The fourth-order valence-corrected chi connectivity index (χ4v) is 1.70. The topological polar surface area (TPSA) is 42.2 Å². The van der Waals surface area contributed by atoms with E-state index >= 15 is 0 Å². The van der Waals surface area contributed by atoms with Gasteiger partial charge >= 0.3 is 12.3 Å². The van der Waals surface area contributed by atoms with Crippen molar-refractivity contribution in [2.75, 3.05) is 11.9 Å². The summed E-state index contributed by atoms with van der Waals surface area (Å²) in [4.78, 5) is 7.77. The predicted octanol–water partition coefficient (Wildman–Crippen LogP) is 2.80. The summed E-state index contributed by atoms with van der Waals surface area (Å²) >= 11 is 3.08. The molecule has 0 fully saturated rings. The normalized spacial score (nSPS) is 12.3. The molecule has 2 heterocycles. The van der Waals surface area contributed by atoms with Gasteiger partial charge in [-0.1, -0.05) is 0 Å². The molecule has 0 atom stereocenters. The van der Waals surface area contributed by atoms with E-state index in [2.05, 4.69) is 31.2 Å². The number of hydrogen-bond donors (Lipinski definition) is 1. The van der Waals surface area contributed by atoms with Gasteiger partial charge in [0.05, 0.1) is 6.54 Å². The van der Waals surface area contributed by atoms with Crippen molar-refractivity contribution in [1.29, 1.82) is 0 Å².